The number of aryl methyl sites for hydroxylation is 1. The molecule has 0 radical (unpaired) electrons. The van der Waals surface area contributed by atoms with Gasteiger partial charge in [-0.25, -0.2) is 0 Å². The molecule has 0 spiro atoms. The predicted octanol–water partition coefficient (Wildman–Crippen LogP) is 0.883. The van der Waals surface area contributed by atoms with Gasteiger partial charge in [-0.15, -0.1) is 0 Å². The Morgan fingerprint density at radius 3 is 2.84 bits per heavy atom. The van der Waals surface area contributed by atoms with Crippen molar-refractivity contribution in [2.24, 2.45) is 11.7 Å². The molecular formula is C14H21N3O2. The predicted molar refractivity (Wildman–Crippen MR) is 74.1 cm³/mol. The van der Waals surface area contributed by atoms with E-state index in [1.807, 2.05) is 0 Å². The second-order valence-corrected chi connectivity index (χ2v) is 5.29. The minimum absolute atomic E-state index is 0.151. The molecule has 1 amide bonds. The van der Waals surface area contributed by atoms with E-state index in [0.717, 1.165) is 25.0 Å². The van der Waals surface area contributed by atoms with Crippen LogP contribution in [0, 0.1) is 12.8 Å². The van der Waals surface area contributed by atoms with Crippen LogP contribution >= 0.6 is 0 Å². The number of carbonyl (C=O) groups is 1. The van der Waals surface area contributed by atoms with Gasteiger partial charge in [-0.2, -0.15) is 0 Å². The molecule has 19 heavy (non-hydrogen) atoms. The van der Waals surface area contributed by atoms with Crippen LogP contribution < -0.4 is 11.3 Å². The van der Waals surface area contributed by atoms with Gasteiger partial charge in [0.15, 0.2) is 0 Å². The highest BCUT2D eigenvalue weighted by Gasteiger charge is 2.32. The maximum Gasteiger partial charge on any atom is 0.260 e. The average Bonchev–Trinajstić information content (AvgIpc) is 2.85. The molecule has 1 heterocycles. The lowest BCUT2D eigenvalue weighted by Gasteiger charge is -2.29. The summed E-state index contributed by atoms with van der Waals surface area (Å²) in [5, 5.41) is 0. The third-order valence-corrected chi connectivity index (χ3v) is 4.03. The normalized spacial score (nSPS) is 22.5. The van der Waals surface area contributed by atoms with Crippen molar-refractivity contribution in [2.75, 3.05) is 13.6 Å². The summed E-state index contributed by atoms with van der Waals surface area (Å²) < 4.78 is 0. The number of H-pyrrole nitrogens is 1. The lowest BCUT2D eigenvalue weighted by Crippen LogP contribution is -2.43. The zero-order valence-corrected chi connectivity index (χ0v) is 11.5. The van der Waals surface area contributed by atoms with Crippen LogP contribution in [0.3, 0.4) is 0 Å². The van der Waals surface area contributed by atoms with Crippen molar-refractivity contribution < 1.29 is 4.79 Å². The zero-order valence-electron chi connectivity index (χ0n) is 11.5. The number of nitrogens with zero attached hydrogens (tertiary/aromatic N) is 1. The second-order valence-electron chi connectivity index (χ2n) is 5.29. The number of aromatic nitrogens is 1. The number of rotatable bonds is 3. The maximum absolute atomic E-state index is 12.4. The summed E-state index contributed by atoms with van der Waals surface area (Å²) in [7, 11) is 1.76. The van der Waals surface area contributed by atoms with E-state index in [-0.39, 0.29) is 23.1 Å². The van der Waals surface area contributed by atoms with Gasteiger partial charge >= 0.3 is 0 Å². The number of amides is 1. The molecule has 0 aromatic carbocycles. The van der Waals surface area contributed by atoms with E-state index in [1.54, 1.807) is 31.0 Å². The Hall–Kier alpha value is -1.62. The van der Waals surface area contributed by atoms with Crippen LogP contribution in [0.15, 0.2) is 16.9 Å². The summed E-state index contributed by atoms with van der Waals surface area (Å²) in [5.74, 6) is 0.130. The van der Waals surface area contributed by atoms with E-state index in [0.29, 0.717) is 12.5 Å². The first-order valence-corrected chi connectivity index (χ1v) is 6.71. The minimum atomic E-state index is -0.320. The molecule has 2 rings (SSSR count). The average molecular weight is 263 g/mol. The van der Waals surface area contributed by atoms with E-state index in [1.165, 1.54) is 0 Å². The lowest BCUT2D eigenvalue weighted by molar-refractivity contribution is 0.0698. The molecule has 1 fully saturated rings. The number of hydrogen-bond donors (Lipinski definition) is 2. The summed E-state index contributed by atoms with van der Waals surface area (Å²) in [5.41, 5.74) is 6.38. The molecule has 0 aliphatic heterocycles. The highest BCUT2D eigenvalue weighted by molar-refractivity contribution is 5.93. The number of hydrogen-bond acceptors (Lipinski definition) is 3. The van der Waals surface area contributed by atoms with Crippen LogP contribution in [-0.2, 0) is 0 Å². The van der Waals surface area contributed by atoms with Crippen LogP contribution in [0.5, 0.6) is 0 Å². The molecule has 104 valence electrons. The van der Waals surface area contributed by atoms with Gasteiger partial charge in [-0.1, -0.05) is 6.42 Å². The quantitative estimate of drug-likeness (QED) is 0.849. The molecule has 1 aliphatic carbocycles. The second kappa shape index (κ2) is 5.57. The molecule has 3 N–H and O–H groups in total. The van der Waals surface area contributed by atoms with Gasteiger partial charge in [-0.05, 0) is 44.4 Å². The highest BCUT2D eigenvalue weighted by atomic mass is 16.2. The van der Waals surface area contributed by atoms with Crippen LogP contribution in [0.25, 0.3) is 0 Å². The van der Waals surface area contributed by atoms with Crippen LogP contribution in [0.2, 0.25) is 0 Å². The Balaban J connectivity index is 2.21. The highest BCUT2D eigenvalue weighted by Crippen LogP contribution is 2.29. The Bertz CT molecular complexity index is 524. The Labute approximate surface area is 112 Å². The summed E-state index contributed by atoms with van der Waals surface area (Å²) in [6, 6.07) is 3.50. The molecule has 1 saturated carbocycles. The molecule has 2 atom stereocenters. The van der Waals surface area contributed by atoms with Gasteiger partial charge in [0.2, 0.25) is 0 Å². The standard InChI is InChI=1S/C14H21N3O2/c1-9-6-7-11(13(18)16-9)14(19)17(2)12-5-3-4-10(12)8-15/h6-7,10,12H,3-5,8,15H2,1-2H3,(H,16,18). The summed E-state index contributed by atoms with van der Waals surface area (Å²) in [4.78, 5) is 28.6. The summed E-state index contributed by atoms with van der Waals surface area (Å²) in [6.45, 7) is 2.38. The fourth-order valence-electron chi connectivity index (χ4n) is 2.88. The van der Waals surface area contributed by atoms with E-state index in [4.69, 9.17) is 5.73 Å². The first-order valence-electron chi connectivity index (χ1n) is 6.71. The number of nitrogens with two attached hydrogens (primary N) is 1. The van der Waals surface area contributed by atoms with Crippen LogP contribution in [0.1, 0.15) is 35.3 Å². The molecule has 0 bridgehead atoms. The van der Waals surface area contributed by atoms with Crippen molar-refractivity contribution >= 4 is 5.91 Å². The van der Waals surface area contributed by atoms with Crippen LogP contribution in [0.4, 0.5) is 0 Å². The summed E-state index contributed by atoms with van der Waals surface area (Å²) >= 11 is 0. The number of aromatic amines is 1. The van der Waals surface area contributed by atoms with E-state index >= 15 is 0 Å². The first kappa shape index (κ1) is 13.8. The zero-order chi connectivity index (χ0) is 14.0. The molecule has 0 saturated heterocycles. The Morgan fingerprint density at radius 2 is 2.21 bits per heavy atom. The van der Waals surface area contributed by atoms with Gasteiger partial charge in [0.05, 0.1) is 0 Å². The van der Waals surface area contributed by atoms with Crippen molar-refractivity contribution in [3.05, 3.63) is 33.7 Å². The SMILES string of the molecule is Cc1ccc(C(=O)N(C)C2CCCC2CN)c(=O)[nH]1. The van der Waals surface area contributed by atoms with Crippen molar-refractivity contribution in [1.29, 1.82) is 0 Å². The number of nitrogens with one attached hydrogen (secondary N) is 1. The molecule has 1 aliphatic rings. The number of carbonyl (C=O) groups excluding carboxylic acids is 1. The summed E-state index contributed by atoms with van der Waals surface area (Å²) in [6.07, 6.45) is 3.12. The molecular weight excluding hydrogens is 242 g/mol. The minimum Gasteiger partial charge on any atom is -0.338 e. The van der Waals surface area contributed by atoms with Crippen molar-refractivity contribution in [1.82, 2.24) is 9.88 Å². The smallest absolute Gasteiger partial charge is 0.260 e. The van der Waals surface area contributed by atoms with E-state index in [2.05, 4.69) is 4.98 Å². The topological polar surface area (TPSA) is 79.2 Å². The molecule has 5 nitrogen and oxygen atoms in total. The fraction of sp³-hybridized carbons (Fsp3) is 0.571. The molecule has 1 aromatic rings. The Morgan fingerprint density at radius 1 is 1.47 bits per heavy atom. The maximum atomic E-state index is 12.4. The molecule has 1 aromatic heterocycles. The van der Waals surface area contributed by atoms with Gasteiger partial charge in [0, 0.05) is 18.8 Å². The first-order chi connectivity index (χ1) is 9.04. The fourth-order valence-corrected chi connectivity index (χ4v) is 2.88. The lowest BCUT2D eigenvalue weighted by atomic mass is 10.0. The van der Waals surface area contributed by atoms with Crippen LogP contribution in [-0.4, -0.2) is 35.4 Å². The monoisotopic (exact) mass is 263 g/mol. The van der Waals surface area contributed by atoms with Gasteiger partial charge in [0.1, 0.15) is 5.56 Å². The van der Waals surface area contributed by atoms with E-state index in [9.17, 15) is 9.59 Å². The molecule has 5 heteroatoms. The third-order valence-electron chi connectivity index (χ3n) is 4.03. The van der Waals surface area contributed by atoms with Crippen molar-refractivity contribution in [3.63, 3.8) is 0 Å². The number of pyridine rings is 1. The van der Waals surface area contributed by atoms with Crippen molar-refractivity contribution in [3.8, 4) is 0 Å². The third kappa shape index (κ3) is 2.71. The largest absolute Gasteiger partial charge is 0.338 e. The van der Waals surface area contributed by atoms with Gasteiger partial charge in [0.25, 0.3) is 11.5 Å². The molecule has 2 unspecified atom stereocenters. The van der Waals surface area contributed by atoms with Crippen molar-refractivity contribution in [2.45, 2.75) is 32.2 Å². The Kier molecular flexibility index (Phi) is 4.04. The van der Waals surface area contributed by atoms with Gasteiger partial charge in [-0.3, -0.25) is 9.59 Å². The van der Waals surface area contributed by atoms with Gasteiger partial charge < -0.3 is 15.6 Å². The van der Waals surface area contributed by atoms with E-state index < -0.39 is 0 Å².